The maximum Gasteiger partial charge on any atom is 0.165 e. The molecular formula is C13H11BrFNO2. The van der Waals surface area contributed by atoms with Crippen LogP contribution >= 0.6 is 15.9 Å². The molecule has 5 heteroatoms. The number of para-hydroxylation sites is 1. The summed E-state index contributed by atoms with van der Waals surface area (Å²) in [5.41, 5.74) is 6.18. The van der Waals surface area contributed by atoms with E-state index in [-0.39, 0.29) is 5.75 Å². The summed E-state index contributed by atoms with van der Waals surface area (Å²) >= 11 is 3.25. The fourth-order valence-electron chi connectivity index (χ4n) is 1.46. The molecular weight excluding hydrogens is 301 g/mol. The highest BCUT2D eigenvalue weighted by Crippen LogP contribution is 2.35. The third kappa shape index (κ3) is 2.56. The van der Waals surface area contributed by atoms with Crippen molar-refractivity contribution in [1.29, 1.82) is 0 Å². The molecule has 0 aliphatic rings. The topological polar surface area (TPSA) is 44.5 Å². The summed E-state index contributed by atoms with van der Waals surface area (Å²) in [6, 6.07) is 9.53. The molecule has 0 unspecified atom stereocenters. The maximum atomic E-state index is 13.6. The number of rotatable bonds is 3. The van der Waals surface area contributed by atoms with Crippen LogP contribution in [0.2, 0.25) is 0 Å². The zero-order valence-corrected chi connectivity index (χ0v) is 11.2. The third-order valence-electron chi connectivity index (χ3n) is 2.36. The predicted molar refractivity (Wildman–Crippen MR) is 71.6 cm³/mol. The van der Waals surface area contributed by atoms with Crippen LogP contribution in [-0.2, 0) is 0 Å². The lowest BCUT2D eigenvalue weighted by Crippen LogP contribution is -1.97. The zero-order valence-electron chi connectivity index (χ0n) is 9.61. The number of nitrogen functional groups attached to an aromatic ring is 1. The average molecular weight is 312 g/mol. The fourth-order valence-corrected chi connectivity index (χ4v) is 1.80. The molecule has 94 valence electrons. The van der Waals surface area contributed by atoms with Gasteiger partial charge in [0.05, 0.1) is 7.11 Å². The molecule has 0 atom stereocenters. The van der Waals surface area contributed by atoms with Gasteiger partial charge in [-0.15, -0.1) is 0 Å². The molecule has 2 aromatic carbocycles. The van der Waals surface area contributed by atoms with Gasteiger partial charge in [0.25, 0.3) is 0 Å². The van der Waals surface area contributed by atoms with Crippen LogP contribution in [-0.4, -0.2) is 7.11 Å². The quantitative estimate of drug-likeness (QED) is 0.872. The maximum absolute atomic E-state index is 13.6. The van der Waals surface area contributed by atoms with Gasteiger partial charge in [-0.25, -0.2) is 4.39 Å². The van der Waals surface area contributed by atoms with E-state index in [4.69, 9.17) is 15.2 Å². The second kappa shape index (κ2) is 5.27. The first-order valence-electron chi connectivity index (χ1n) is 5.17. The van der Waals surface area contributed by atoms with Gasteiger partial charge in [-0.1, -0.05) is 22.0 Å². The van der Waals surface area contributed by atoms with E-state index in [1.807, 2.05) is 0 Å². The Morgan fingerprint density at radius 2 is 1.83 bits per heavy atom. The number of ether oxygens (including phenoxy) is 2. The van der Waals surface area contributed by atoms with Crippen molar-refractivity contribution in [1.82, 2.24) is 0 Å². The summed E-state index contributed by atoms with van der Waals surface area (Å²) in [7, 11) is 1.51. The van der Waals surface area contributed by atoms with Crippen molar-refractivity contribution in [2.45, 2.75) is 0 Å². The van der Waals surface area contributed by atoms with Gasteiger partial charge in [0.1, 0.15) is 11.4 Å². The summed E-state index contributed by atoms with van der Waals surface area (Å²) in [6.07, 6.45) is 0. The average Bonchev–Trinajstić information content (AvgIpc) is 2.36. The zero-order chi connectivity index (χ0) is 13.1. The number of anilines is 1. The van der Waals surface area contributed by atoms with Gasteiger partial charge < -0.3 is 15.2 Å². The van der Waals surface area contributed by atoms with Crippen molar-refractivity contribution >= 4 is 21.6 Å². The Labute approximate surface area is 112 Å². The molecule has 0 aliphatic carbocycles. The Bertz CT molecular complexity index is 575. The Balaban J connectivity index is 2.37. The number of hydrogen-bond donors (Lipinski definition) is 1. The van der Waals surface area contributed by atoms with Gasteiger partial charge >= 0.3 is 0 Å². The smallest absolute Gasteiger partial charge is 0.165 e. The molecule has 0 aromatic heterocycles. The minimum absolute atomic E-state index is 0.101. The van der Waals surface area contributed by atoms with Crippen molar-refractivity contribution < 1.29 is 13.9 Å². The normalized spacial score (nSPS) is 10.2. The van der Waals surface area contributed by atoms with Gasteiger partial charge in [0.15, 0.2) is 17.3 Å². The molecule has 0 bridgehead atoms. The Morgan fingerprint density at radius 1 is 1.11 bits per heavy atom. The molecule has 0 amide bonds. The minimum atomic E-state index is -0.458. The summed E-state index contributed by atoms with van der Waals surface area (Å²) in [5, 5.41) is 0. The molecule has 3 nitrogen and oxygen atoms in total. The SMILES string of the molecule is COc1cccc(Oc2cc(Br)ccc2F)c1N. The molecule has 18 heavy (non-hydrogen) atoms. The van der Waals surface area contributed by atoms with Crippen molar-refractivity contribution in [3.05, 3.63) is 46.7 Å². The first-order valence-corrected chi connectivity index (χ1v) is 5.96. The summed E-state index contributed by atoms with van der Waals surface area (Å²) in [4.78, 5) is 0. The van der Waals surface area contributed by atoms with Gasteiger partial charge in [-0.3, -0.25) is 0 Å². The van der Waals surface area contributed by atoms with Crippen molar-refractivity contribution in [3.63, 3.8) is 0 Å². The molecule has 0 heterocycles. The highest BCUT2D eigenvalue weighted by molar-refractivity contribution is 9.10. The highest BCUT2D eigenvalue weighted by Gasteiger charge is 2.10. The van der Waals surface area contributed by atoms with E-state index in [0.717, 1.165) is 4.47 Å². The van der Waals surface area contributed by atoms with Crippen LogP contribution in [0.15, 0.2) is 40.9 Å². The molecule has 0 saturated carbocycles. The first-order chi connectivity index (χ1) is 8.61. The first kappa shape index (κ1) is 12.7. The number of methoxy groups -OCH3 is 1. The second-order valence-electron chi connectivity index (χ2n) is 3.55. The molecule has 0 aliphatic heterocycles. The fraction of sp³-hybridized carbons (Fsp3) is 0.0769. The summed E-state index contributed by atoms with van der Waals surface area (Å²) < 4.78 is 24.8. The van der Waals surface area contributed by atoms with Crippen LogP contribution in [0.25, 0.3) is 0 Å². The predicted octanol–water partition coefficient (Wildman–Crippen LogP) is 3.97. The number of halogens is 2. The Hall–Kier alpha value is -1.75. The van der Waals surface area contributed by atoms with E-state index < -0.39 is 5.82 Å². The monoisotopic (exact) mass is 311 g/mol. The second-order valence-corrected chi connectivity index (χ2v) is 4.46. The lowest BCUT2D eigenvalue weighted by molar-refractivity contribution is 0.408. The molecule has 2 aromatic rings. The van der Waals surface area contributed by atoms with Crippen LogP contribution in [0.4, 0.5) is 10.1 Å². The van der Waals surface area contributed by atoms with E-state index in [1.165, 1.54) is 19.2 Å². The molecule has 2 rings (SSSR count). The van der Waals surface area contributed by atoms with Crippen molar-refractivity contribution in [3.8, 4) is 17.2 Å². The molecule has 0 radical (unpaired) electrons. The van der Waals surface area contributed by atoms with E-state index in [0.29, 0.717) is 17.2 Å². The number of nitrogens with two attached hydrogens (primary N) is 1. The van der Waals surface area contributed by atoms with Gasteiger partial charge in [0.2, 0.25) is 0 Å². The van der Waals surface area contributed by atoms with Crippen LogP contribution in [0.5, 0.6) is 17.2 Å². The Kier molecular flexibility index (Phi) is 3.72. The molecule has 0 fully saturated rings. The standard InChI is InChI=1S/C13H11BrFNO2/c1-17-10-3-2-4-11(13(10)16)18-12-7-8(14)5-6-9(12)15/h2-7H,16H2,1H3. The lowest BCUT2D eigenvalue weighted by Gasteiger charge is -2.11. The van der Waals surface area contributed by atoms with Crippen molar-refractivity contribution in [2.75, 3.05) is 12.8 Å². The van der Waals surface area contributed by atoms with Crippen LogP contribution in [0.1, 0.15) is 0 Å². The van der Waals surface area contributed by atoms with Gasteiger partial charge in [-0.2, -0.15) is 0 Å². The molecule has 0 spiro atoms. The van der Waals surface area contributed by atoms with Crippen LogP contribution in [0, 0.1) is 5.82 Å². The van der Waals surface area contributed by atoms with E-state index in [2.05, 4.69) is 15.9 Å². The van der Waals surface area contributed by atoms with Gasteiger partial charge in [-0.05, 0) is 30.3 Å². The largest absolute Gasteiger partial charge is 0.494 e. The lowest BCUT2D eigenvalue weighted by atomic mass is 10.2. The van der Waals surface area contributed by atoms with E-state index in [1.54, 1.807) is 24.3 Å². The third-order valence-corrected chi connectivity index (χ3v) is 2.85. The molecule has 2 N–H and O–H groups in total. The van der Waals surface area contributed by atoms with Crippen LogP contribution < -0.4 is 15.2 Å². The summed E-state index contributed by atoms with van der Waals surface area (Å²) in [6.45, 7) is 0. The highest BCUT2D eigenvalue weighted by atomic mass is 79.9. The van der Waals surface area contributed by atoms with Crippen LogP contribution in [0.3, 0.4) is 0 Å². The Morgan fingerprint density at radius 3 is 2.56 bits per heavy atom. The van der Waals surface area contributed by atoms with Gasteiger partial charge in [0, 0.05) is 4.47 Å². The minimum Gasteiger partial charge on any atom is -0.494 e. The number of hydrogen-bond acceptors (Lipinski definition) is 3. The molecule has 0 saturated heterocycles. The summed E-state index contributed by atoms with van der Waals surface area (Å²) in [5.74, 6) is 0.485. The van der Waals surface area contributed by atoms with E-state index in [9.17, 15) is 4.39 Å². The van der Waals surface area contributed by atoms with E-state index >= 15 is 0 Å². The number of benzene rings is 2. The van der Waals surface area contributed by atoms with Crippen molar-refractivity contribution in [2.24, 2.45) is 0 Å².